The molecule has 1 aliphatic rings. The minimum Gasteiger partial charge on any atom is -0.467 e. The summed E-state index contributed by atoms with van der Waals surface area (Å²) in [7, 11) is 1.46. The summed E-state index contributed by atoms with van der Waals surface area (Å²) in [6, 6.07) is 8.01. The number of rotatable bonds is 5. The number of alkyl halides is 3. The lowest BCUT2D eigenvalue weighted by Crippen LogP contribution is -2.35. The van der Waals surface area contributed by atoms with Crippen LogP contribution in [0.15, 0.2) is 41.3 Å². The average Bonchev–Trinajstić information content (AvgIpc) is 3.17. The van der Waals surface area contributed by atoms with Gasteiger partial charge in [0.25, 0.3) is 5.56 Å². The number of hydrogen-bond acceptors (Lipinski definition) is 6. The lowest BCUT2D eigenvalue weighted by atomic mass is 10.1. The van der Waals surface area contributed by atoms with Gasteiger partial charge < -0.3 is 4.74 Å². The van der Waals surface area contributed by atoms with Crippen molar-refractivity contribution >= 4 is 10.9 Å². The van der Waals surface area contributed by atoms with E-state index in [2.05, 4.69) is 15.0 Å². The Balaban J connectivity index is 1.76. The third-order valence-corrected chi connectivity index (χ3v) is 5.13. The van der Waals surface area contributed by atoms with Crippen LogP contribution >= 0.6 is 0 Å². The van der Waals surface area contributed by atoms with Gasteiger partial charge >= 0.3 is 12.2 Å². The monoisotopic (exact) mass is 419 g/mol. The van der Waals surface area contributed by atoms with Crippen molar-refractivity contribution in [3.8, 4) is 6.01 Å². The van der Waals surface area contributed by atoms with Crippen molar-refractivity contribution in [1.29, 1.82) is 0 Å². The van der Waals surface area contributed by atoms with E-state index >= 15 is 0 Å². The van der Waals surface area contributed by atoms with E-state index in [-0.39, 0.29) is 17.2 Å². The van der Waals surface area contributed by atoms with Gasteiger partial charge in [0.15, 0.2) is 0 Å². The van der Waals surface area contributed by atoms with Crippen molar-refractivity contribution in [3.05, 3.63) is 58.4 Å². The van der Waals surface area contributed by atoms with E-state index in [1.807, 2.05) is 4.90 Å². The third kappa shape index (κ3) is 4.13. The first-order chi connectivity index (χ1) is 14.4. The maximum atomic E-state index is 13.3. The number of ether oxygens (including phenoxy) is 1. The average molecular weight is 419 g/mol. The van der Waals surface area contributed by atoms with E-state index in [0.717, 1.165) is 11.0 Å². The zero-order valence-electron chi connectivity index (χ0n) is 16.3. The fourth-order valence-corrected chi connectivity index (χ4v) is 3.85. The first-order valence-corrected chi connectivity index (χ1v) is 9.52. The molecule has 1 aliphatic heterocycles. The number of hydrogen-bond donors (Lipinski definition) is 0. The van der Waals surface area contributed by atoms with Crippen LogP contribution in [0.3, 0.4) is 0 Å². The first-order valence-electron chi connectivity index (χ1n) is 9.52. The molecule has 0 radical (unpaired) electrons. The van der Waals surface area contributed by atoms with Crippen molar-refractivity contribution in [2.75, 3.05) is 13.7 Å². The normalized spacial score (nSPS) is 17.5. The second-order valence-corrected chi connectivity index (χ2v) is 7.16. The topological polar surface area (TPSA) is 73.1 Å². The molecule has 0 N–H and O–H groups in total. The quantitative estimate of drug-likeness (QED) is 0.633. The number of para-hydroxylation sites is 1. The van der Waals surface area contributed by atoms with Gasteiger partial charge in [-0.3, -0.25) is 14.3 Å². The van der Waals surface area contributed by atoms with E-state index in [4.69, 9.17) is 4.74 Å². The van der Waals surface area contributed by atoms with E-state index < -0.39 is 24.3 Å². The molecule has 2 aromatic heterocycles. The van der Waals surface area contributed by atoms with Crippen LogP contribution in [0.4, 0.5) is 13.2 Å². The van der Waals surface area contributed by atoms with Crippen molar-refractivity contribution in [3.63, 3.8) is 0 Å². The van der Waals surface area contributed by atoms with Gasteiger partial charge in [0.05, 0.1) is 29.7 Å². The highest BCUT2D eigenvalue weighted by Crippen LogP contribution is 2.33. The Hall–Kier alpha value is -3.01. The predicted molar refractivity (Wildman–Crippen MR) is 103 cm³/mol. The maximum absolute atomic E-state index is 13.3. The Labute approximate surface area is 170 Å². The molecule has 10 heteroatoms. The van der Waals surface area contributed by atoms with Crippen molar-refractivity contribution < 1.29 is 17.9 Å². The maximum Gasteiger partial charge on any atom is 0.406 e. The van der Waals surface area contributed by atoms with Gasteiger partial charge in [-0.05, 0) is 37.6 Å². The van der Waals surface area contributed by atoms with Crippen LogP contribution in [0, 0.1) is 0 Å². The summed E-state index contributed by atoms with van der Waals surface area (Å²) in [5.74, 6) is 0.134. The molecule has 158 valence electrons. The van der Waals surface area contributed by atoms with Gasteiger partial charge in [-0.2, -0.15) is 18.2 Å². The van der Waals surface area contributed by atoms with Crippen LogP contribution in [0.5, 0.6) is 6.01 Å². The van der Waals surface area contributed by atoms with Crippen molar-refractivity contribution in [2.45, 2.75) is 38.1 Å². The number of likely N-dealkylation sites (tertiary alicyclic amines) is 1. The molecule has 1 unspecified atom stereocenters. The molecule has 3 heterocycles. The summed E-state index contributed by atoms with van der Waals surface area (Å²) >= 11 is 0. The van der Waals surface area contributed by atoms with Crippen LogP contribution in [-0.4, -0.2) is 44.2 Å². The molecule has 1 saturated heterocycles. The second kappa shape index (κ2) is 8.02. The van der Waals surface area contributed by atoms with Crippen LogP contribution in [0.1, 0.15) is 30.4 Å². The fraction of sp³-hybridized carbons (Fsp3) is 0.400. The Morgan fingerprint density at radius 3 is 2.77 bits per heavy atom. The van der Waals surface area contributed by atoms with Gasteiger partial charge in [-0.1, -0.05) is 12.1 Å². The number of benzene rings is 1. The molecule has 1 atom stereocenters. The molecule has 7 nitrogen and oxygen atoms in total. The Morgan fingerprint density at radius 1 is 1.20 bits per heavy atom. The van der Waals surface area contributed by atoms with Gasteiger partial charge in [-0.15, -0.1) is 0 Å². The predicted octanol–water partition coefficient (Wildman–Crippen LogP) is 3.09. The molecular formula is C20H20F3N5O2. The smallest absolute Gasteiger partial charge is 0.406 e. The highest BCUT2D eigenvalue weighted by atomic mass is 19.4. The lowest BCUT2D eigenvalue weighted by molar-refractivity contribution is -0.142. The molecule has 1 fully saturated rings. The highest BCUT2D eigenvalue weighted by molar-refractivity contribution is 5.77. The largest absolute Gasteiger partial charge is 0.467 e. The zero-order valence-corrected chi connectivity index (χ0v) is 16.3. The van der Waals surface area contributed by atoms with E-state index in [1.54, 1.807) is 30.5 Å². The van der Waals surface area contributed by atoms with Crippen molar-refractivity contribution in [1.82, 2.24) is 24.4 Å². The second-order valence-electron chi connectivity index (χ2n) is 7.16. The number of fused-ring (bicyclic) bond motifs is 1. The van der Waals surface area contributed by atoms with Gasteiger partial charge in [0.2, 0.25) is 0 Å². The lowest BCUT2D eigenvalue weighted by Gasteiger charge is -2.26. The Kier molecular flexibility index (Phi) is 5.42. The SMILES string of the molecule is COc1nccc(CN2CCCC2c2nc3ccccc3c(=O)n2CC(F)(F)F)n1. The van der Waals surface area contributed by atoms with Crippen molar-refractivity contribution in [2.24, 2.45) is 0 Å². The van der Waals surface area contributed by atoms with E-state index in [9.17, 15) is 18.0 Å². The fourth-order valence-electron chi connectivity index (χ4n) is 3.85. The number of halogens is 3. The first kappa shape index (κ1) is 20.3. The summed E-state index contributed by atoms with van der Waals surface area (Å²) in [6.07, 6.45) is -1.58. The van der Waals surface area contributed by atoms with Gasteiger partial charge in [-0.25, -0.2) is 9.97 Å². The number of methoxy groups -OCH3 is 1. The number of aromatic nitrogens is 4. The molecule has 4 rings (SSSR count). The van der Waals surface area contributed by atoms with Crippen LogP contribution in [0.25, 0.3) is 10.9 Å². The molecule has 1 aromatic carbocycles. The summed E-state index contributed by atoms with van der Waals surface area (Å²) in [6.45, 7) is -0.325. The molecule has 0 amide bonds. The Morgan fingerprint density at radius 2 is 2.00 bits per heavy atom. The number of nitrogens with zero attached hydrogens (tertiary/aromatic N) is 5. The molecule has 0 saturated carbocycles. The Bertz CT molecular complexity index is 1120. The molecule has 3 aromatic rings. The summed E-state index contributed by atoms with van der Waals surface area (Å²) in [5.41, 5.74) is 0.397. The molecule has 0 aliphatic carbocycles. The minimum atomic E-state index is -4.54. The minimum absolute atomic E-state index is 0.134. The molecular weight excluding hydrogens is 399 g/mol. The summed E-state index contributed by atoms with van der Waals surface area (Å²) in [5, 5.41) is 0.176. The van der Waals surface area contributed by atoms with Crippen LogP contribution in [0.2, 0.25) is 0 Å². The standard InChI is InChI=1S/C20H20F3N5O2/c1-30-19-24-9-8-13(25-19)11-27-10-4-7-16(27)17-26-15-6-3-2-5-14(15)18(29)28(17)12-20(21,22)23/h2-3,5-6,8-9,16H,4,7,10-12H2,1H3. The third-order valence-electron chi connectivity index (χ3n) is 5.13. The highest BCUT2D eigenvalue weighted by Gasteiger charge is 2.35. The van der Waals surface area contributed by atoms with E-state index in [0.29, 0.717) is 30.7 Å². The van der Waals surface area contributed by atoms with E-state index in [1.165, 1.54) is 13.2 Å². The summed E-state index contributed by atoms with van der Waals surface area (Å²) < 4.78 is 45.7. The molecule has 0 spiro atoms. The van der Waals surface area contributed by atoms with Crippen LogP contribution in [-0.2, 0) is 13.1 Å². The molecule has 0 bridgehead atoms. The summed E-state index contributed by atoms with van der Waals surface area (Å²) in [4.78, 5) is 27.6. The van der Waals surface area contributed by atoms with Gasteiger partial charge in [0, 0.05) is 12.7 Å². The van der Waals surface area contributed by atoms with Gasteiger partial charge in [0.1, 0.15) is 12.4 Å². The zero-order chi connectivity index (χ0) is 21.3. The van der Waals surface area contributed by atoms with Crippen LogP contribution < -0.4 is 10.3 Å². The molecule has 30 heavy (non-hydrogen) atoms.